The molecule has 0 unspecified atom stereocenters. The molecule has 0 N–H and O–H groups in total. The first kappa shape index (κ1) is 8.69. The summed E-state index contributed by atoms with van der Waals surface area (Å²) in [4.78, 5) is 15.0. The number of benzene rings is 1. The molecule has 0 aliphatic carbocycles. The molecule has 14 heavy (non-hydrogen) atoms. The molecule has 3 nitrogen and oxygen atoms in total. The van der Waals surface area contributed by atoms with Gasteiger partial charge in [-0.2, -0.15) is 0 Å². The maximum absolute atomic E-state index is 11.1. The van der Waals surface area contributed by atoms with Gasteiger partial charge in [0.15, 0.2) is 0 Å². The van der Waals surface area contributed by atoms with Gasteiger partial charge in [0.1, 0.15) is 5.75 Å². The molecular formula is C11H9NO2. The highest BCUT2D eigenvalue weighted by Gasteiger charge is 1.99. The van der Waals surface area contributed by atoms with Crippen LogP contribution in [0.3, 0.4) is 0 Å². The largest absolute Gasteiger partial charge is 0.496 e. The number of rotatable bonds is 1. The van der Waals surface area contributed by atoms with E-state index in [1.54, 1.807) is 19.2 Å². The van der Waals surface area contributed by atoms with Crippen molar-refractivity contribution in [3.8, 4) is 5.75 Å². The van der Waals surface area contributed by atoms with Crippen molar-refractivity contribution in [3.05, 3.63) is 46.8 Å². The molecule has 2 aromatic rings. The first-order valence-electron chi connectivity index (χ1n) is 4.25. The van der Waals surface area contributed by atoms with Gasteiger partial charge in [0.25, 0.3) is 5.56 Å². The molecule has 0 fully saturated rings. The van der Waals surface area contributed by atoms with Crippen LogP contribution in [-0.4, -0.2) is 12.1 Å². The minimum Gasteiger partial charge on any atom is -0.496 e. The highest BCUT2D eigenvalue weighted by atomic mass is 16.5. The molecule has 0 aliphatic rings. The number of fused-ring (bicyclic) bond motifs is 1. The van der Waals surface area contributed by atoms with Gasteiger partial charge in [-0.25, -0.2) is 4.98 Å². The quantitative estimate of drug-likeness (QED) is 0.680. The van der Waals surface area contributed by atoms with Gasteiger partial charge >= 0.3 is 0 Å². The number of methoxy groups -OCH3 is 1. The zero-order chi connectivity index (χ0) is 9.97. The standard InChI is InChI=1S/C11H9NO2/c1-14-10-6-3-5-9-8(10)4-2-7-11(13)12-9/h2-7H,1H3. The fourth-order valence-corrected chi connectivity index (χ4v) is 1.36. The van der Waals surface area contributed by atoms with E-state index in [1.807, 2.05) is 18.2 Å². The molecule has 0 saturated carbocycles. The molecule has 0 aliphatic heterocycles. The zero-order valence-corrected chi connectivity index (χ0v) is 7.73. The van der Waals surface area contributed by atoms with Crippen molar-refractivity contribution in [1.29, 1.82) is 0 Å². The van der Waals surface area contributed by atoms with Gasteiger partial charge in [0.05, 0.1) is 12.6 Å². The van der Waals surface area contributed by atoms with Gasteiger partial charge in [-0.1, -0.05) is 12.1 Å². The summed E-state index contributed by atoms with van der Waals surface area (Å²) in [7, 11) is 1.60. The molecule has 3 heteroatoms. The summed E-state index contributed by atoms with van der Waals surface area (Å²) in [5.74, 6) is 0.727. The minimum atomic E-state index is -0.242. The van der Waals surface area contributed by atoms with Crippen LogP contribution in [0, 0.1) is 0 Å². The lowest BCUT2D eigenvalue weighted by Gasteiger charge is -2.00. The van der Waals surface area contributed by atoms with Crippen LogP contribution in [0.2, 0.25) is 0 Å². The maximum Gasteiger partial charge on any atom is 0.270 e. The summed E-state index contributed by atoms with van der Waals surface area (Å²) in [6, 6.07) is 10.4. The smallest absolute Gasteiger partial charge is 0.270 e. The normalized spacial score (nSPS) is 10.1. The molecule has 0 amide bonds. The van der Waals surface area contributed by atoms with Gasteiger partial charge in [-0.15, -0.1) is 0 Å². The van der Waals surface area contributed by atoms with E-state index in [1.165, 1.54) is 6.07 Å². The lowest BCUT2D eigenvalue weighted by Crippen LogP contribution is -1.98. The van der Waals surface area contributed by atoms with E-state index in [9.17, 15) is 4.79 Å². The van der Waals surface area contributed by atoms with Crippen LogP contribution in [0.5, 0.6) is 5.75 Å². The Kier molecular flexibility index (Phi) is 2.14. The summed E-state index contributed by atoms with van der Waals surface area (Å²) in [6.07, 6.45) is 0. The number of hydrogen-bond donors (Lipinski definition) is 0. The van der Waals surface area contributed by atoms with Crippen LogP contribution in [0.25, 0.3) is 10.9 Å². The van der Waals surface area contributed by atoms with E-state index in [-0.39, 0.29) is 5.56 Å². The second-order valence-electron chi connectivity index (χ2n) is 2.87. The van der Waals surface area contributed by atoms with Crippen LogP contribution >= 0.6 is 0 Å². The third-order valence-corrected chi connectivity index (χ3v) is 2.00. The molecule has 0 atom stereocenters. The van der Waals surface area contributed by atoms with Gasteiger partial charge in [0, 0.05) is 11.5 Å². The Morgan fingerprint density at radius 3 is 2.71 bits per heavy atom. The molecule has 1 heterocycles. The predicted molar refractivity (Wildman–Crippen MR) is 54.6 cm³/mol. The Labute approximate surface area is 81.0 Å². The molecule has 0 spiro atoms. The van der Waals surface area contributed by atoms with Crippen LogP contribution < -0.4 is 10.3 Å². The van der Waals surface area contributed by atoms with Gasteiger partial charge < -0.3 is 4.74 Å². The summed E-state index contributed by atoms with van der Waals surface area (Å²) in [5.41, 5.74) is 0.410. The highest BCUT2D eigenvalue weighted by molar-refractivity contribution is 5.84. The average molecular weight is 187 g/mol. The Hall–Kier alpha value is -1.90. The predicted octanol–water partition coefficient (Wildman–Crippen LogP) is 1.60. The van der Waals surface area contributed by atoms with Crippen LogP contribution in [0.1, 0.15) is 0 Å². The molecule has 1 aromatic heterocycles. The Morgan fingerprint density at radius 2 is 1.93 bits per heavy atom. The summed E-state index contributed by atoms with van der Waals surface area (Å²) < 4.78 is 5.17. The van der Waals surface area contributed by atoms with Crippen LogP contribution in [-0.2, 0) is 0 Å². The molecule has 0 saturated heterocycles. The second kappa shape index (κ2) is 3.46. The van der Waals surface area contributed by atoms with E-state index < -0.39 is 0 Å². The number of aromatic nitrogens is 1. The highest BCUT2D eigenvalue weighted by Crippen LogP contribution is 2.21. The van der Waals surface area contributed by atoms with Crippen molar-refractivity contribution in [1.82, 2.24) is 4.98 Å². The zero-order valence-electron chi connectivity index (χ0n) is 7.73. The number of hydrogen-bond acceptors (Lipinski definition) is 3. The summed E-state index contributed by atoms with van der Waals surface area (Å²) >= 11 is 0. The number of nitrogens with zero attached hydrogens (tertiary/aromatic N) is 1. The van der Waals surface area contributed by atoms with Gasteiger partial charge in [-0.3, -0.25) is 4.79 Å². The van der Waals surface area contributed by atoms with Gasteiger partial charge in [-0.05, 0) is 18.2 Å². The maximum atomic E-state index is 11.1. The monoisotopic (exact) mass is 187 g/mol. The SMILES string of the molecule is COc1cccc2nc(=O)cccc12. The Morgan fingerprint density at radius 1 is 1.14 bits per heavy atom. The van der Waals surface area contributed by atoms with E-state index in [2.05, 4.69) is 4.98 Å². The first-order valence-corrected chi connectivity index (χ1v) is 4.25. The summed E-state index contributed by atoms with van der Waals surface area (Å²) in [5, 5.41) is 0.845. The molecule has 2 rings (SSSR count). The summed E-state index contributed by atoms with van der Waals surface area (Å²) in [6.45, 7) is 0. The van der Waals surface area contributed by atoms with E-state index in [4.69, 9.17) is 4.74 Å². The van der Waals surface area contributed by atoms with Crippen molar-refractivity contribution < 1.29 is 4.74 Å². The van der Waals surface area contributed by atoms with Crippen LogP contribution in [0.15, 0.2) is 41.2 Å². The molecule has 0 radical (unpaired) electrons. The molecule has 1 aromatic carbocycles. The third kappa shape index (κ3) is 1.44. The first-order chi connectivity index (χ1) is 6.81. The molecule has 70 valence electrons. The van der Waals surface area contributed by atoms with Crippen molar-refractivity contribution in [2.45, 2.75) is 0 Å². The number of ether oxygens (including phenoxy) is 1. The van der Waals surface area contributed by atoms with E-state index in [0.717, 1.165) is 11.1 Å². The molecular weight excluding hydrogens is 178 g/mol. The van der Waals surface area contributed by atoms with Crippen LogP contribution in [0.4, 0.5) is 0 Å². The van der Waals surface area contributed by atoms with Crippen molar-refractivity contribution in [2.75, 3.05) is 7.11 Å². The topological polar surface area (TPSA) is 39.2 Å². The van der Waals surface area contributed by atoms with Crippen molar-refractivity contribution in [2.24, 2.45) is 0 Å². The fourth-order valence-electron chi connectivity index (χ4n) is 1.36. The van der Waals surface area contributed by atoms with Crippen molar-refractivity contribution >= 4 is 10.9 Å². The lowest BCUT2D eigenvalue weighted by molar-refractivity contribution is 0.420. The van der Waals surface area contributed by atoms with E-state index in [0.29, 0.717) is 5.52 Å². The lowest BCUT2D eigenvalue weighted by atomic mass is 10.2. The fraction of sp³-hybridized carbons (Fsp3) is 0.0909. The van der Waals surface area contributed by atoms with E-state index >= 15 is 0 Å². The van der Waals surface area contributed by atoms with Gasteiger partial charge in [0.2, 0.25) is 0 Å². The second-order valence-corrected chi connectivity index (χ2v) is 2.87. The third-order valence-electron chi connectivity index (χ3n) is 2.00. The molecule has 0 bridgehead atoms. The Bertz CT molecular complexity index is 523. The van der Waals surface area contributed by atoms with Crippen molar-refractivity contribution in [3.63, 3.8) is 0 Å². The average Bonchev–Trinajstić information content (AvgIpc) is 2.37. The minimum absolute atomic E-state index is 0.242. The Balaban J connectivity index is 2.91.